The quantitative estimate of drug-likeness (QED) is 0.161. The Balaban J connectivity index is 1.40. The van der Waals surface area contributed by atoms with Gasteiger partial charge >= 0.3 is 0 Å². The van der Waals surface area contributed by atoms with E-state index in [0.29, 0.717) is 0 Å². The van der Waals surface area contributed by atoms with Gasteiger partial charge in [0.25, 0.3) is 0 Å². The van der Waals surface area contributed by atoms with Crippen molar-refractivity contribution in [1.82, 2.24) is 0 Å². The van der Waals surface area contributed by atoms with Crippen LogP contribution in [0.2, 0.25) is 0 Å². The summed E-state index contributed by atoms with van der Waals surface area (Å²) >= 11 is 0. The summed E-state index contributed by atoms with van der Waals surface area (Å²) in [6.07, 6.45) is 6.91. The van der Waals surface area contributed by atoms with Crippen LogP contribution in [0, 0.1) is 13.8 Å². The Morgan fingerprint density at radius 1 is 0.314 bits per heavy atom. The molecular weight excluding hydrogens is 843 g/mol. The first-order valence-corrected chi connectivity index (χ1v) is 26.7. The van der Waals surface area contributed by atoms with Crippen LogP contribution in [0.4, 0.5) is 17.1 Å². The summed E-state index contributed by atoms with van der Waals surface area (Å²) in [6, 6.07) is 54.9. The lowest BCUT2D eigenvalue weighted by molar-refractivity contribution is 0.331. The average Bonchev–Trinajstić information content (AvgIpc) is 3.62. The third kappa shape index (κ3) is 6.76. The fourth-order valence-electron chi connectivity index (χ4n) is 14.4. The van der Waals surface area contributed by atoms with Crippen molar-refractivity contribution in [3.05, 3.63) is 206 Å². The van der Waals surface area contributed by atoms with Gasteiger partial charge in [-0.1, -0.05) is 210 Å². The standard InChI is InChI=1S/C69H77N/c1-44-32-34-54-59(67(11,12)40-37-64(54,5)6)61(44)70(62-45(2)33-35-55-60(62)68(13,14)41-38-65(55,7)8)57-43-56-50(42-51(57)49-29-23-31-53-58(49)66(9,10)39-36-63(53,3)4)48-28-21-22-30-52(48)69(56,46-24-17-15-18-25-46)47-26-19-16-20-27-47/h15-35,42-43H,36-41H2,1-14H3. The molecule has 7 aromatic carbocycles. The first-order valence-electron chi connectivity index (χ1n) is 26.7. The molecule has 0 heterocycles. The van der Waals surface area contributed by atoms with E-state index >= 15 is 0 Å². The van der Waals surface area contributed by atoms with Crippen LogP contribution >= 0.6 is 0 Å². The van der Waals surface area contributed by atoms with Crippen molar-refractivity contribution in [2.75, 3.05) is 4.90 Å². The van der Waals surface area contributed by atoms with E-state index in [1.165, 1.54) is 112 Å². The van der Waals surface area contributed by atoms with Crippen molar-refractivity contribution in [2.24, 2.45) is 0 Å². The molecule has 0 N–H and O–H groups in total. The van der Waals surface area contributed by atoms with Gasteiger partial charge < -0.3 is 4.90 Å². The minimum Gasteiger partial charge on any atom is -0.309 e. The maximum atomic E-state index is 2.90. The van der Waals surface area contributed by atoms with Gasteiger partial charge in [-0.25, -0.2) is 0 Å². The maximum Gasteiger partial charge on any atom is 0.0714 e. The SMILES string of the molecule is Cc1ccc2c(c1N(c1cc3c(cc1-c1cccc4c1C(C)(C)CCC4(C)C)-c1ccccc1C3(c1ccccc1)c1ccccc1)c1c(C)ccc3c1C(C)(C)CCC3(C)C)C(C)(C)CCC2(C)C. The van der Waals surface area contributed by atoms with E-state index in [0.717, 1.165) is 32.1 Å². The lowest BCUT2D eigenvalue weighted by Gasteiger charge is -2.48. The van der Waals surface area contributed by atoms with Crippen LogP contribution < -0.4 is 4.90 Å². The molecule has 0 aliphatic heterocycles. The second kappa shape index (κ2) is 15.7. The summed E-state index contributed by atoms with van der Waals surface area (Å²) in [5, 5.41) is 0. The highest BCUT2D eigenvalue weighted by molar-refractivity contribution is 5.99. The Morgan fingerprint density at radius 2 is 0.714 bits per heavy atom. The van der Waals surface area contributed by atoms with Gasteiger partial charge in [-0.05, 0) is 180 Å². The molecule has 0 bridgehead atoms. The number of anilines is 3. The molecule has 0 aromatic heterocycles. The van der Waals surface area contributed by atoms with Gasteiger partial charge in [0.15, 0.2) is 0 Å². The first-order chi connectivity index (χ1) is 33.0. The summed E-state index contributed by atoms with van der Waals surface area (Å²) in [4.78, 5) is 2.90. The second-order valence-corrected chi connectivity index (χ2v) is 26.1. The summed E-state index contributed by atoms with van der Waals surface area (Å²) in [6.45, 7) is 35.0. The summed E-state index contributed by atoms with van der Waals surface area (Å²) in [7, 11) is 0. The Morgan fingerprint density at radius 3 is 1.21 bits per heavy atom. The predicted molar refractivity (Wildman–Crippen MR) is 299 cm³/mol. The van der Waals surface area contributed by atoms with Crippen molar-refractivity contribution in [2.45, 2.75) is 173 Å². The summed E-state index contributed by atoms with van der Waals surface area (Å²) in [5.41, 5.74) is 25.7. The molecule has 1 heteroatoms. The molecule has 0 saturated carbocycles. The number of benzene rings is 7. The van der Waals surface area contributed by atoms with Crippen molar-refractivity contribution in [3.63, 3.8) is 0 Å². The highest BCUT2D eigenvalue weighted by Crippen LogP contribution is 2.63. The Bertz CT molecular complexity index is 3100. The van der Waals surface area contributed by atoms with Crippen LogP contribution in [0.1, 0.15) is 188 Å². The van der Waals surface area contributed by atoms with E-state index in [9.17, 15) is 0 Å². The molecule has 7 aromatic rings. The highest BCUT2D eigenvalue weighted by atomic mass is 15.2. The topological polar surface area (TPSA) is 3.24 Å². The first kappa shape index (κ1) is 46.7. The monoisotopic (exact) mass is 920 g/mol. The van der Waals surface area contributed by atoms with Crippen molar-refractivity contribution in [3.8, 4) is 22.3 Å². The molecule has 0 spiro atoms. The Hall–Kier alpha value is -5.66. The second-order valence-electron chi connectivity index (χ2n) is 26.1. The van der Waals surface area contributed by atoms with Gasteiger partial charge in [0.05, 0.1) is 22.5 Å². The highest BCUT2D eigenvalue weighted by Gasteiger charge is 2.50. The van der Waals surface area contributed by atoms with E-state index in [1.54, 1.807) is 0 Å². The molecule has 70 heavy (non-hydrogen) atoms. The predicted octanol–water partition coefficient (Wildman–Crippen LogP) is 18.9. The zero-order chi connectivity index (χ0) is 49.6. The van der Waals surface area contributed by atoms with Gasteiger partial charge in [-0.3, -0.25) is 0 Å². The Labute approximate surface area is 421 Å². The number of hydrogen-bond donors (Lipinski definition) is 0. The van der Waals surface area contributed by atoms with Crippen molar-refractivity contribution in [1.29, 1.82) is 0 Å². The number of fused-ring (bicyclic) bond motifs is 6. The van der Waals surface area contributed by atoms with Gasteiger partial charge in [0, 0.05) is 5.56 Å². The molecule has 0 amide bonds. The van der Waals surface area contributed by atoms with Gasteiger partial charge in [0.1, 0.15) is 0 Å². The molecule has 4 aliphatic carbocycles. The van der Waals surface area contributed by atoms with E-state index in [1.807, 2.05) is 0 Å². The summed E-state index contributed by atoms with van der Waals surface area (Å²) < 4.78 is 0. The molecule has 0 radical (unpaired) electrons. The van der Waals surface area contributed by atoms with Gasteiger partial charge in [-0.15, -0.1) is 0 Å². The largest absolute Gasteiger partial charge is 0.309 e. The van der Waals surface area contributed by atoms with E-state index in [4.69, 9.17) is 0 Å². The maximum absolute atomic E-state index is 2.90. The number of rotatable bonds is 6. The molecular formula is C69H77N. The third-order valence-corrected chi connectivity index (χ3v) is 18.7. The van der Waals surface area contributed by atoms with Gasteiger partial charge in [0.2, 0.25) is 0 Å². The molecule has 0 fully saturated rings. The lowest BCUT2D eigenvalue weighted by atomic mass is 9.61. The van der Waals surface area contributed by atoms with Crippen LogP contribution in [0.15, 0.2) is 140 Å². The number of hydrogen-bond acceptors (Lipinski definition) is 1. The lowest BCUT2D eigenvalue weighted by Crippen LogP contribution is -2.38. The summed E-state index contributed by atoms with van der Waals surface area (Å²) in [5.74, 6) is 0. The van der Waals surface area contributed by atoms with Crippen molar-refractivity contribution >= 4 is 17.1 Å². The van der Waals surface area contributed by atoms with E-state index < -0.39 is 5.41 Å². The van der Waals surface area contributed by atoms with E-state index in [2.05, 4.69) is 241 Å². The Kier molecular flexibility index (Phi) is 10.5. The van der Waals surface area contributed by atoms with Crippen molar-refractivity contribution < 1.29 is 0 Å². The zero-order valence-corrected chi connectivity index (χ0v) is 45.0. The molecule has 0 atom stereocenters. The molecule has 0 saturated heterocycles. The number of nitrogens with zero attached hydrogens (tertiary/aromatic N) is 1. The number of aryl methyl sites for hydroxylation is 2. The smallest absolute Gasteiger partial charge is 0.0714 e. The average molecular weight is 920 g/mol. The molecule has 11 rings (SSSR count). The third-order valence-electron chi connectivity index (χ3n) is 18.7. The van der Waals surface area contributed by atoms with Crippen LogP contribution in [-0.4, -0.2) is 0 Å². The fourth-order valence-corrected chi connectivity index (χ4v) is 14.4. The fraction of sp³-hybridized carbons (Fsp3) is 0.391. The molecule has 1 nitrogen and oxygen atoms in total. The minimum absolute atomic E-state index is 0.0255. The molecule has 358 valence electrons. The van der Waals surface area contributed by atoms with Crippen LogP contribution in [-0.2, 0) is 37.9 Å². The van der Waals surface area contributed by atoms with Gasteiger partial charge in [-0.2, -0.15) is 0 Å². The minimum atomic E-state index is -0.566. The zero-order valence-electron chi connectivity index (χ0n) is 45.0. The van der Waals surface area contributed by atoms with Crippen LogP contribution in [0.3, 0.4) is 0 Å². The molecule has 0 unspecified atom stereocenters. The normalized spacial score (nSPS) is 20.0. The van der Waals surface area contributed by atoms with Crippen LogP contribution in [0.25, 0.3) is 22.3 Å². The van der Waals surface area contributed by atoms with Crippen LogP contribution in [0.5, 0.6) is 0 Å². The van der Waals surface area contributed by atoms with E-state index in [-0.39, 0.29) is 32.5 Å². The molecule has 4 aliphatic rings.